The molecule has 0 spiro atoms. The average Bonchev–Trinajstić information content (AvgIpc) is 2.73. The number of amides is 1. The van der Waals surface area contributed by atoms with Crippen LogP contribution in [0.15, 0.2) is 24.3 Å². The second-order valence-corrected chi connectivity index (χ2v) is 8.60. The number of ether oxygens (including phenoxy) is 2. The van der Waals surface area contributed by atoms with Crippen LogP contribution in [-0.4, -0.2) is 49.8 Å². The smallest absolute Gasteiger partial charge is 0.256 e. The number of unbranched alkanes of at least 4 members (excludes halogenated alkanes) is 2. The van der Waals surface area contributed by atoms with E-state index in [2.05, 4.69) is 24.1 Å². The maximum absolute atomic E-state index is 12.7. The molecule has 0 unspecified atom stereocenters. The molecule has 0 radical (unpaired) electrons. The number of anilines is 1. The molecule has 0 saturated carbocycles. The molecule has 1 atom stereocenters. The lowest BCUT2D eigenvalue weighted by molar-refractivity contribution is -0.136. The van der Waals surface area contributed by atoms with Crippen LogP contribution in [0.3, 0.4) is 0 Å². The van der Waals surface area contributed by atoms with Gasteiger partial charge in [-0.2, -0.15) is 0 Å². The number of carbonyl (C=O) groups excluding carboxylic acids is 1. The minimum Gasteiger partial charge on any atom is -0.494 e. The fraction of sp³-hybridized carbons (Fsp3) is 0.708. The van der Waals surface area contributed by atoms with E-state index in [1.807, 2.05) is 31.2 Å². The van der Waals surface area contributed by atoms with Crippen molar-refractivity contribution in [3.63, 3.8) is 0 Å². The van der Waals surface area contributed by atoms with Gasteiger partial charge in [-0.1, -0.05) is 33.1 Å². The zero-order chi connectivity index (χ0) is 21.1. The molecule has 1 aliphatic rings. The molecule has 1 saturated heterocycles. The predicted molar refractivity (Wildman–Crippen MR) is 120 cm³/mol. The monoisotopic (exact) mass is 404 g/mol. The number of nitrogens with zero attached hydrogens (tertiary/aromatic N) is 1. The molecule has 0 bridgehead atoms. The summed E-state index contributed by atoms with van der Waals surface area (Å²) < 4.78 is 11.4. The van der Waals surface area contributed by atoms with Crippen LogP contribution in [0.1, 0.15) is 65.7 Å². The Labute approximate surface area is 177 Å². The van der Waals surface area contributed by atoms with Gasteiger partial charge in [0.1, 0.15) is 11.4 Å². The summed E-state index contributed by atoms with van der Waals surface area (Å²) in [5.74, 6) is 1.62. The third-order valence-electron chi connectivity index (χ3n) is 6.06. The Hall–Kier alpha value is -1.59. The van der Waals surface area contributed by atoms with E-state index < -0.39 is 5.60 Å². The Balaban J connectivity index is 1.72. The van der Waals surface area contributed by atoms with Crippen LogP contribution in [0.2, 0.25) is 0 Å². The minimum atomic E-state index is -0.795. The number of nitrogens with one attached hydrogen (secondary N) is 1. The lowest BCUT2D eigenvalue weighted by Crippen LogP contribution is -2.41. The van der Waals surface area contributed by atoms with Crippen molar-refractivity contribution < 1.29 is 14.3 Å². The van der Waals surface area contributed by atoms with Gasteiger partial charge in [-0.3, -0.25) is 4.79 Å². The van der Waals surface area contributed by atoms with Crippen LogP contribution in [0.25, 0.3) is 0 Å². The van der Waals surface area contributed by atoms with Crippen LogP contribution >= 0.6 is 0 Å². The Morgan fingerprint density at radius 2 is 1.86 bits per heavy atom. The Bertz CT molecular complexity index is 597. The molecule has 1 aliphatic heterocycles. The van der Waals surface area contributed by atoms with Crippen molar-refractivity contribution >= 4 is 11.6 Å². The molecule has 1 aromatic rings. The number of carbonyl (C=O) groups is 1. The molecule has 0 aliphatic carbocycles. The number of piperidine rings is 1. The number of hydrogen-bond donors (Lipinski definition) is 1. The first-order valence-electron chi connectivity index (χ1n) is 11.3. The van der Waals surface area contributed by atoms with E-state index in [1.54, 1.807) is 7.11 Å². The van der Waals surface area contributed by atoms with E-state index in [-0.39, 0.29) is 5.91 Å². The van der Waals surface area contributed by atoms with E-state index in [0.717, 1.165) is 62.6 Å². The fourth-order valence-electron chi connectivity index (χ4n) is 3.68. The Morgan fingerprint density at radius 3 is 2.48 bits per heavy atom. The predicted octanol–water partition coefficient (Wildman–Crippen LogP) is 5.11. The lowest BCUT2D eigenvalue weighted by Gasteiger charge is -2.30. The van der Waals surface area contributed by atoms with Gasteiger partial charge in [0.05, 0.1) is 6.61 Å². The molecule has 5 heteroatoms. The summed E-state index contributed by atoms with van der Waals surface area (Å²) in [4.78, 5) is 15.2. The van der Waals surface area contributed by atoms with Gasteiger partial charge in [0, 0.05) is 19.3 Å². The molecule has 2 rings (SSSR count). The summed E-state index contributed by atoms with van der Waals surface area (Å²) in [6.07, 6.45) is 7.60. The van der Waals surface area contributed by atoms with Gasteiger partial charge in [0.15, 0.2) is 0 Å². The van der Waals surface area contributed by atoms with Crippen LogP contribution in [0.4, 0.5) is 5.69 Å². The summed E-state index contributed by atoms with van der Waals surface area (Å²) in [7, 11) is 1.60. The molecule has 0 aromatic heterocycles. The topological polar surface area (TPSA) is 50.8 Å². The van der Waals surface area contributed by atoms with Crippen molar-refractivity contribution in [2.24, 2.45) is 5.92 Å². The molecule has 164 valence electrons. The molecule has 1 aromatic carbocycles. The normalized spacial score (nSPS) is 17.7. The van der Waals surface area contributed by atoms with Gasteiger partial charge in [0.2, 0.25) is 0 Å². The van der Waals surface area contributed by atoms with Crippen molar-refractivity contribution in [3.8, 4) is 5.75 Å². The lowest BCUT2D eigenvalue weighted by atomic mass is 9.97. The van der Waals surface area contributed by atoms with E-state index in [0.29, 0.717) is 0 Å². The second-order valence-electron chi connectivity index (χ2n) is 8.60. The standard InChI is InChI=1S/C24H40N2O3/c1-5-6-7-15-24(3,28-4)23(27)25-21-9-11-22(12-10-21)29-19-8-16-26-17-13-20(2)14-18-26/h9-12,20H,5-8,13-19H2,1-4H3,(H,25,27)/t24-/m0/s1. The fourth-order valence-corrected chi connectivity index (χ4v) is 3.68. The van der Waals surface area contributed by atoms with Gasteiger partial charge < -0.3 is 19.7 Å². The van der Waals surface area contributed by atoms with E-state index >= 15 is 0 Å². The van der Waals surface area contributed by atoms with Crippen LogP contribution < -0.4 is 10.1 Å². The molecular weight excluding hydrogens is 364 g/mol. The Kier molecular flexibility index (Phi) is 9.95. The van der Waals surface area contributed by atoms with Crippen LogP contribution in [0.5, 0.6) is 5.75 Å². The highest BCUT2D eigenvalue weighted by molar-refractivity contribution is 5.97. The minimum absolute atomic E-state index is 0.0966. The first-order valence-corrected chi connectivity index (χ1v) is 11.3. The number of likely N-dealkylation sites (tertiary alicyclic amines) is 1. The highest BCUT2D eigenvalue weighted by atomic mass is 16.5. The van der Waals surface area contributed by atoms with Crippen molar-refractivity contribution in [2.75, 3.05) is 38.7 Å². The first-order chi connectivity index (χ1) is 14.0. The quantitative estimate of drug-likeness (QED) is 0.492. The molecule has 1 N–H and O–H groups in total. The molecule has 1 amide bonds. The zero-order valence-electron chi connectivity index (χ0n) is 18.8. The summed E-state index contributed by atoms with van der Waals surface area (Å²) in [5, 5.41) is 2.98. The van der Waals surface area contributed by atoms with E-state index in [4.69, 9.17) is 9.47 Å². The first kappa shape index (κ1) is 23.7. The van der Waals surface area contributed by atoms with Crippen molar-refractivity contribution in [2.45, 2.75) is 71.3 Å². The molecule has 1 fully saturated rings. The summed E-state index contributed by atoms with van der Waals surface area (Å²) in [5.41, 5.74) is -0.0279. The molecular formula is C24H40N2O3. The zero-order valence-corrected chi connectivity index (χ0v) is 18.8. The van der Waals surface area contributed by atoms with Crippen LogP contribution in [0, 0.1) is 5.92 Å². The SMILES string of the molecule is CCCCC[C@](C)(OC)C(=O)Nc1ccc(OCCCN2CCC(C)CC2)cc1. The van der Waals surface area contributed by atoms with Crippen LogP contribution in [-0.2, 0) is 9.53 Å². The largest absolute Gasteiger partial charge is 0.494 e. The average molecular weight is 405 g/mol. The number of rotatable bonds is 12. The molecule has 1 heterocycles. The third kappa shape index (κ3) is 7.98. The van der Waals surface area contributed by atoms with Gasteiger partial charge in [-0.05, 0) is 75.9 Å². The van der Waals surface area contributed by atoms with Crippen molar-refractivity contribution in [3.05, 3.63) is 24.3 Å². The third-order valence-corrected chi connectivity index (χ3v) is 6.06. The maximum atomic E-state index is 12.7. The van der Waals surface area contributed by atoms with Crippen molar-refractivity contribution in [1.82, 2.24) is 4.90 Å². The van der Waals surface area contributed by atoms with Gasteiger partial charge in [0.25, 0.3) is 5.91 Å². The maximum Gasteiger partial charge on any atom is 0.256 e. The van der Waals surface area contributed by atoms with Gasteiger partial charge in [-0.15, -0.1) is 0 Å². The number of hydrogen-bond acceptors (Lipinski definition) is 4. The highest BCUT2D eigenvalue weighted by Crippen LogP contribution is 2.23. The molecule has 5 nitrogen and oxygen atoms in total. The van der Waals surface area contributed by atoms with E-state index in [9.17, 15) is 4.79 Å². The van der Waals surface area contributed by atoms with Gasteiger partial charge in [-0.25, -0.2) is 0 Å². The van der Waals surface area contributed by atoms with Gasteiger partial charge >= 0.3 is 0 Å². The number of methoxy groups -OCH3 is 1. The second kappa shape index (κ2) is 12.2. The highest BCUT2D eigenvalue weighted by Gasteiger charge is 2.32. The van der Waals surface area contributed by atoms with Crippen molar-refractivity contribution in [1.29, 1.82) is 0 Å². The van der Waals surface area contributed by atoms with E-state index in [1.165, 1.54) is 25.9 Å². The number of benzene rings is 1. The summed E-state index contributed by atoms with van der Waals surface area (Å²) >= 11 is 0. The molecule has 29 heavy (non-hydrogen) atoms. The summed E-state index contributed by atoms with van der Waals surface area (Å²) in [6.45, 7) is 10.6. The summed E-state index contributed by atoms with van der Waals surface area (Å²) in [6, 6.07) is 7.61. The Morgan fingerprint density at radius 1 is 1.17 bits per heavy atom.